The Bertz CT molecular complexity index is 701. The molecule has 0 spiro atoms. The largest absolute Gasteiger partial charge is 0.445 e. The van der Waals surface area contributed by atoms with Crippen LogP contribution in [0.25, 0.3) is 0 Å². The fraction of sp³-hybridized carbons (Fsp3) is 0.696. The SMILES string of the molecule is C=CCOC(=O)N1CCC[C@H]1/C=C/C(=O)C[C@H]1NC(=O)[C@H]1[C@@H](CO[Si](C)C)C(C)(C)C. The number of nitrogens with zero attached hydrogens (tertiary/aromatic N) is 1. The normalized spacial score (nSPS) is 24.8. The van der Waals surface area contributed by atoms with Crippen molar-refractivity contribution in [2.75, 3.05) is 19.8 Å². The second-order valence-electron chi connectivity index (χ2n) is 9.63. The van der Waals surface area contributed by atoms with Crippen LogP contribution in [0.1, 0.15) is 40.0 Å². The van der Waals surface area contributed by atoms with Crippen LogP contribution >= 0.6 is 0 Å². The third-order valence-corrected chi connectivity index (χ3v) is 6.69. The van der Waals surface area contributed by atoms with Gasteiger partial charge in [0.2, 0.25) is 14.9 Å². The first-order valence-electron chi connectivity index (χ1n) is 11.0. The Morgan fingerprint density at radius 3 is 2.65 bits per heavy atom. The predicted octanol–water partition coefficient (Wildman–Crippen LogP) is 3.33. The summed E-state index contributed by atoms with van der Waals surface area (Å²) >= 11 is 0. The minimum Gasteiger partial charge on any atom is -0.445 e. The number of hydrogen-bond donors (Lipinski definition) is 1. The maximum absolute atomic E-state index is 12.6. The summed E-state index contributed by atoms with van der Waals surface area (Å²) in [5.41, 5.74) is -0.104. The van der Waals surface area contributed by atoms with Gasteiger partial charge in [-0.15, -0.1) is 0 Å². The van der Waals surface area contributed by atoms with Crippen LogP contribution in [0.3, 0.4) is 0 Å². The highest BCUT2D eigenvalue weighted by atomic mass is 28.3. The van der Waals surface area contributed by atoms with E-state index in [0.29, 0.717) is 13.2 Å². The molecule has 0 aromatic carbocycles. The van der Waals surface area contributed by atoms with Crippen molar-refractivity contribution in [3.05, 3.63) is 24.8 Å². The number of hydrogen-bond acceptors (Lipinski definition) is 5. The number of amides is 2. The summed E-state index contributed by atoms with van der Waals surface area (Å²) in [6.45, 7) is 15.4. The highest BCUT2D eigenvalue weighted by molar-refractivity contribution is 6.48. The minimum absolute atomic E-state index is 0.00165. The maximum atomic E-state index is 12.6. The molecule has 0 aromatic heterocycles. The molecule has 2 amide bonds. The summed E-state index contributed by atoms with van der Waals surface area (Å²) in [4.78, 5) is 38.8. The van der Waals surface area contributed by atoms with E-state index < -0.39 is 9.04 Å². The van der Waals surface area contributed by atoms with Crippen molar-refractivity contribution in [2.24, 2.45) is 17.3 Å². The van der Waals surface area contributed by atoms with Gasteiger partial charge < -0.3 is 19.4 Å². The summed E-state index contributed by atoms with van der Waals surface area (Å²) in [6, 6.07) is -0.322. The predicted molar refractivity (Wildman–Crippen MR) is 122 cm³/mol. The highest BCUT2D eigenvalue weighted by Gasteiger charge is 2.48. The van der Waals surface area contributed by atoms with E-state index in [1.165, 1.54) is 6.08 Å². The molecule has 0 aliphatic carbocycles. The minimum atomic E-state index is -0.857. The Hall–Kier alpha value is -1.93. The fourth-order valence-electron chi connectivity index (χ4n) is 4.18. The average molecular weight is 450 g/mol. The maximum Gasteiger partial charge on any atom is 0.410 e. The number of ether oxygens (including phenoxy) is 1. The molecule has 1 radical (unpaired) electrons. The lowest BCUT2D eigenvalue weighted by Crippen LogP contribution is -2.63. The molecule has 4 atom stereocenters. The van der Waals surface area contributed by atoms with Crippen molar-refractivity contribution in [3.63, 3.8) is 0 Å². The zero-order chi connectivity index (χ0) is 23.2. The molecule has 1 N–H and O–H groups in total. The lowest BCUT2D eigenvalue weighted by atomic mass is 9.67. The Morgan fingerprint density at radius 1 is 1.35 bits per heavy atom. The summed E-state index contributed by atoms with van der Waals surface area (Å²) < 4.78 is 11.1. The zero-order valence-corrected chi connectivity index (χ0v) is 20.5. The number of nitrogens with one attached hydrogen (secondary N) is 1. The first-order chi connectivity index (χ1) is 14.5. The molecule has 31 heavy (non-hydrogen) atoms. The molecular formula is C23H37N2O5Si. The van der Waals surface area contributed by atoms with Crippen LogP contribution in [0.5, 0.6) is 0 Å². The number of likely N-dealkylation sites (tertiary alicyclic amines) is 1. The summed E-state index contributed by atoms with van der Waals surface area (Å²) in [6.07, 6.45) is 6.41. The van der Waals surface area contributed by atoms with E-state index in [0.717, 1.165) is 12.8 Å². The second kappa shape index (κ2) is 11.1. The summed E-state index contributed by atoms with van der Waals surface area (Å²) in [5.74, 6) is -0.229. The van der Waals surface area contributed by atoms with Crippen molar-refractivity contribution >= 4 is 26.8 Å². The number of rotatable bonds is 10. The van der Waals surface area contributed by atoms with E-state index in [-0.39, 0.29) is 60.1 Å². The molecule has 0 aromatic rings. The van der Waals surface area contributed by atoms with E-state index in [9.17, 15) is 14.4 Å². The van der Waals surface area contributed by atoms with Gasteiger partial charge in [0.15, 0.2) is 5.78 Å². The van der Waals surface area contributed by atoms with Gasteiger partial charge in [0.25, 0.3) is 0 Å². The quantitative estimate of drug-likeness (QED) is 0.239. The van der Waals surface area contributed by atoms with Gasteiger partial charge >= 0.3 is 6.09 Å². The highest BCUT2D eigenvalue weighted by Crippen LogP contribution is 2.39. The monoisotopic (exact) mass is 449 g/mol. The number of carbonyl (C=O) groups is 3. The third-order valence-electron chi connectivity index (χ3n) is 5.95. The standard InChI is InChI=1S/C23H37N2O5Si/c1-7-13-29-22(28)25-12-8-9-16(25)10-11-17(26)14-19-20(21(27)24-19)18(23(2,3)4)15-30-31(5)6/h7,10-11,16,18-20H,1,8-9,12-15H2,2-6H3,(H,24,27)/b11-10+/t16-,18+,19+,20-/m0/s1. The molecule has 2 heterocycles. The Balaban J connectivity index is 1.96. The van der Waals surface area contributed by atoms with Crippen LogP contribution < -0.4 is 5.32 Å². The van der Waals surface area contributed by atoms with E-state index in [2.05, 4.69) is 45.8 Å². The van der Waals surface area contributed by atoms with Crippen molar-refractivity contribution in [1.29, 1.82) is 0 Å². The fourth-order valence-corrected chi connectivity index (χ4v) is 4.69. The third kappa shape index (κ3) is 7.03. The van der Waals surface area contributed by atoms with Gasteiger partial charge in [0, 0.05) is 25.6 Å². The van der Waals surface area contributed by atoms with Crippen LogP contribution in [-0.2, 0) is 18.8 Å². The molecule has 0 saturated carbocycles. The molecule has 2 rings (SSSR count). The van der Waals surface area contributed by atoms with Crippen molar-refractivity contribution in [2.45, 2.75) is 65.2 Å². The molecule has 8 heteroatoms. The lowest BCUT2D eigenvalue weighted by molar-refractivity contribution is -0.143. The van der Waals surface area contributed by atoms with Gasteiger partial charge in [-0.3, -0.25) is 9.59 Å². The van der Waals surface area contributed by atoms with E-state index >= 15 is 0 Å². The molecule has 0 unspecified atom stereocenters. The Labute approximate surface area is 187 Å². The number of ketones is 1. The first kappa shape index (κ1) is 25.3. The van der Waals surface area contributed by atoms with E-state index in [1.54, 1.807) is 17.1 Å². The summed E-state index contributed by atoms with van der Waals surface area (Å²) in [5, 5.41) is 2.91. The lowest BCUT2D eigenvalue weighted by Gasteiger charge is -2.46. The zero-order valence-electron chi connectivity index (χ0n) is 19.5. The number of β-lactam (4-membered cyclic amide) rings is 1. The van der Waals surface area contributed by atoms with Gasteiger partial charge in [-0.25, -0.2) is 4.79 Å². The first-order valence-corrected chi connectivity index (χ1v) is 13.4. The van der Waals surface area contributed by atoms with Gasteiger partial charge in [0.05, 0.1) is 12.0 Å². The number of allylic oxidation sites excluding steroid dienone is 1. The Kier molecular flexibility index (Phi) is 9.06. The van der Waals surface area contributed by atoms with Crippen LogP contribution in [0, 0.1) is 17.3 Å². The molecule has 173 valence electrons. The van der Waals surface area contributed by atoms with Crippen molar-refractivity contribution < 1.29 is 23.5 Å². The van der Waals surface area contributed by atoms with Crippen LogP contribution in [0.4, 0.5) is 4.79 Å². The van der Waals surface area contributed by atoms with Crippen LogP contribution in [0.2, 0.25) is 13.1 Å². The van der Waals surface area contributed by atoms with Crippen LogP contribution in [-0.4, -0.2) is 63.6 Å². The van der Waals surface area contributed by atoms with Crippen LogP contribution in [0.15, 0.2) is 24.8 Å². The van der Waals surface area contributed by atoms with Gasteiger partial charge in [-0.1, -0.05) is 39.5 Å². The number of carbonyl (C=O) groups excluding carboxylic acids is 3. The average Bonchev–Trinajstić information content (AvgIpc) is 3.14. The molecule has 2 aliphatic heterocycles. The second-order valence-corrected chi connectivity index (χ2v) is 11.7. The van der Waals surface area contributed by atoms with Gasteiger partial charge in [-0.2, -0.15) is 0 Å². The molecule has 2 fully saturated rings. The van der Waals surface area contributed by atoms with E-state index in [4.69, 9.17) is 9.16 Å². The molecule has 7 nitrogen and oxygen atoms in total. The molecule has 0 bridgehead atoms. The molecule has 2 aliphatic rings. The van der Waals surface area contributed by atoms with Gasteiger partial charge in [-0.05, 0) is 43.3 Å². The van der Waals surface area contributed by atoms with Gasteiger partial charge in [0.1, 0.15) is 6.61 Å². The smallest absolute Gasteiger partial charge is 0.410 e. The molecular weight excluding hydrogens is 412 g/mol. The van der Waals surface area contributed by atoms with Crippen molar-refractivity contribution in [1.82, 2.24) is 10.2 Å². The Morgan fingerprint density at radius 2 is 2.06 bits per heavy atom. The molecule has 2 saturated heterocycles. The topological polar surface area (TPSA) is 84.9 Å². The van der Waals surface area contributed by atoms with E-state index in [1.807, 2.05) is 0 Å². The van der Waals surface area contributed by atoms with Crippen molar-refractivity contribution in [3.8, 4) is 0 Å². The summed E-state index contributed by atoms with van der Waals surface area (Å²) in [7, 11) is -0.857.